The van der Waals surface area contributed by atoms with Gasteiger partial charge in [-0.15, -0.1) is 0 Å². The number of carbonyl (C=O) groups excluding carboxylic acids is 2. The van der Waals surface area contributed by atoms with Gasteiger partial charge in [-0.25, -0.2) is 9.97 Å². The van der Waals surface area contributed by atoms with Crippen LogP contribution in [0.5, 0.6) is 0 Å². The molecule has 2 aromatic heterocycles. The van der Waals surface area contributed by atoms with Crippen molar-refractivity contribution in [3.8, 4) is 11.3 Å². The highest BCUT2D eigenvalue weighted by molar-refractivity contribution is 5.81. The monoisotopic (exact) mass is 425 g/mol. The first-order valence-electron chi connectivity index (χ1n) is 10.9. The van der Waals surface area contributed by atoms with Crippen LogP contribution in [-0.2, 0) is 29.5 Å². The summed E-state index contributed by atoms with van der Waals surface area (Å²) in [6, 6.07) is 0.378. The van der Waals surface area contributed by atoms with E-state index in [1.165, 1.54) is 0 Å². The molecule has 0 saturated carbocycles. The number of carbonyl (C=O) groups is 2. The molecule has 0 aromatic carbocycles. The predicted octanol–water partition coefficient (Wildman–Crippen LogP) is 0.603. The second-order valence-electron chi connectivity index (χ2n) is 8.86. The second-order valence-corrected chi connectivity index (χ2v) is 8.86. The molecule has 2 aliphatic rings. The molecular formula is C22H31N7O2. The smallest absolute Gasteiger partial charge is 0.227 e. The molecule has 166 valence electrons. The standard InChI is InChI=1S/C22H31N7O2/c1-15(30)28-8-6-20-19(21(24-14-23-20)17-10-25-27(4)11-17)9-16(12-28)22(31)29-7-5-18(13-29)26(2)3/h10-11,14,16,18H,5-9,12-13H2,1-4H3/t16-,18+/m1/s1. The van der Waals surface area contributed by atoms with E-state index in [2.05, 4.69) is 34.1 Å². The molecule has 0 unspecified atom stereocenters. The predicted molar refractivity (Wildman–Crippen MR) is 116 cm³/mol. The van der Waals surface area contributed by atoms with Crippen molar-refractivity contribution >= 4 is 11.8 Å². The summed E-state index contributed by atoms with van der Waals surface area (Å²) in [5, 5.41) is 4.28. The molecule has 2 aromatic rings. The van der Waals surface area contributed by atoms with Crippen LogP contribution in [0.15, 0.2) is 18.7 Å². The van der Waals surface area contributed by atoms with E-state index in [0.717, 1.165) is 42.0 Å². The molecule has 9 heteroatoms. The average molecular weight is 426 g/mol. The average Bonchev–Trinajstić information content (AvgIpc) is 3.37. The number of rotatable bonds is 3. The number of hydrogen-bond donors (Lipinski definition) is 0. The highest BCUT2D eigenvalue weighted by atomic mass is 16.2. The summed E-state index contributed by atoms with van der Waals surface area (Å²) >= 11 is 0. The van der Waals surface area contributed by atoms with Crippen molar-refractivity contribution < 1.29 is 9.59 Å². The lowest BCUT2D eigenvalue weighted by molar-refractivity contribution is -0.137. The molecule has 0 spiro atoms. The Morgan fingerprint density at radius 1 is 1.13 bits per heavy atom. The normalized spacial score (nSPS) is 21.7. The van der Waals surface area contributed by atoms with E-state index in [1.54, 1.807) is 29.0 Å². The van der Waals surface area contributed by atoms with Gasteiger partial charge in [0.25, 0.3) is 0 Å². The maximum atomic E-state index is 13.6. The lowest BCUT2D eigenvalue weighted by atomic mass is 9.90. The first kappa shape index (κ1) is 21.4. The molecule has 1 fully saturated rings. The molecule has 2 amide bonds. The minimum absolute atomic E-state index is 0.00428. The van der Waals surface area contributed by atoms with Crippen LogP contribution >= 0.6 is 0 Å². The molecule has 1 saturated heterocycles. The highest BCUT2D eigenvalue weighted by Crippen LogP contribution is 2.29. The Kier molecular flexibility index (Phi) is 6.04. The van der Waals surface area contributed by atoms with Crippen molar-refractivity contribution in [3.05, 3.63) is 30.0 Å². The molecular weight excluding hydrogens is 394 g/mol. The largest absolute Gasteiger partial charge is 0.342 e. The Morgan fingerprint density at radius 2 is 1.94 bits per heavy atom. The van der Waals surface area contributed by atoms with Gasteiger partial charge in [-0.05, 0) is 26.9 Å². The van der Waals surface area contributed by atoms with Gasteiger partial charge in [0.2, 0.25) is 11.8 Å². The maximum absolute atomic E-state index is 13.6. The Morgan fingerprint density at radius 3 is 2.58 bits per heavy atom. The topological polar surface area (TPSA) is 87.5 Å². The van der Waals surface area contributed by atoms with Crippen LogP contribution in [0.4, 0.5) is 0 Å². The van der Waals surface area contributed by atoms with Crippen molar-refractivity contribution in [2.75, 3.05) is 40.3 Å². The summed E-state index contributed by atoms with van der Waals surface area (Å²) in [4.78, 5) is 40.8. The fourth-order valence-corrected chi connectivity index (χ4v) is 4.65. The van der Waals surface area contributed by atoms with E-state index in [1.807, 2.05) is 18.1 Å². The molecule has 31 heavy (non-hydrogen) atoms. The summed E-state index contributed by atoms with van der Waals surface area (Å²) in [7, 11) is 5.99. The summed E-state index contributed by atoms with van der Waals surface area (Å²) in [5.74, 6) is -0.204. The summed E-state index contributed by atoms with van der Waals surface area (Å²) < 4.78 is 1.75. The van der Waals surface area contributed by atoms with Crippen LogP contribution in [0.2, 0.25) is 0 Å². The van der Waals surface area contributed by atoms with Crippen LogP contribution in [-0.4, -0.2) is 92.6 Å². The number of fused-ring (bicyclic) bond motifs is 1. The van der Waals surface area contributed by atoms with Gasteiger partial charge in [0.05, 0.1) is 17.8 Å². The second kappa shape index (κ2) is 8.74. The summed E-state index contributed by atoms with van der Waals surface area (Å²) in [5.41, 5.74) is 3.66. The molecule has 0 aliphatic carbocycles. The molecule has 2 atom stereocenters. The van der Waals surface area contributed by atoms with Gasteiger partial charge < -0.3 is 14.7 Å². The fourth-order valence-electron chi connectivity index (χ4n) is 4.65. The third kappa shape index (κ3) is 4.46. The van der Waals surface area contributed by atoms with Gasteiger partial charge in [0.15, 0.2) is 0 Å². The van der Waals surface area contributed by atoms with Gasteiger partial charge >= 0.3 is 0 Å². The van der Waals surface area contributed by atoms with Gasteiger partial charge in [-0.1, -0.05) is 0 Å². The van der Waals surface area contributed by atoms with Crippen molar-refractivity contribution in [1.82, 2.24) is 34.4 Å². The van der Waals surface area contributed by atoms with E-state index in [-0.39, 0.29) is 17.7 Å². The zero-order valence-corrected chi connectivity index (χ0v) is 18.8. The lowest BCUT2D eigenvalue weighted by Crippen LogP contribution is -2.45. The van der Waals surface area contributed by atoms with E-state index < -0.39 is 0 Å². The Balaban J connectivity index is 1.67. The maximum Gasteiger partial charge on any atom is 0.227 e. The van der Waals surface area contributed by atoms with E-state index in [9.17, 15) is 9.59 Å². The zero-order valence-electron chi connectivity index (χ0n) is 18.8. The number of likely N-dealkylation sites (tertiary alicyclic amines) is 1. The number of aromatic nitrogens is 4. The first-order valence-corrected chi connectivity index (χ1v) is 10.9. The molecule has 0 N–H and O–H groups in total. The molecule has 9 nitrogen and oxygen atoms in total. The summed E-state index contributed by atoms with van der Waals surface area (Å²) in [6.45, 7) is 4.04. The first-order chi connectivity index (χ1) is 14.8. The molecule has 2 aliphatic heterocycles. The zero-order chi connectivity index (χ0) is 22.1. The van der Waals surface area contributed by atoms with Crippen LogP contribution in [0, 0.1) is 5.92 Å². The minimum atomic E-state index is -0.315. The number of aryl methyl sites for hydroxylation is 1. The lowest BCUT2D eigenvalue weighted by Gasteiger charge is -2.32. The number of hydrogen-bond acceptors (Lipinski definition) is 6. The van der Waals surface area contributed by atoms with Crippen molar-refractivity contribution in [3.63, 3.8) is 0 Å². The molecule has 4 heterocycles. The third-order valence-electron chi connectivity index (χ3n) is 6.52. The van der Waals surface area contributed by atoms with E-state index in [0.29, 0.717) is 32.0 Å². The number of amides is 2. The highest BCUT2D eigenvalue weighted by Gasteiger charge is 2.35. The minimum Gasteiger partial charge on any atom is -0.342 e. The molecule has 4 rings (SSSR count). The van der Waals surface area contributed by atoms with Crippen LogP contribution in [0.3, 0.4) is 0 Å². The summed E-state index contributed by atoms with van der Waals surface area (Å²) in [6.07, 6.45) is 7.44. The van der Waals surface area contributed by atoms with Gasteiger partial charge in [0.1, 0.15) is 6.33 Å². The van der Waals surface area contributed by atoms with Crippen molar-refractivity contribution in [2.45, 2.75) is 32.2 Å². The SMILES string of the molecule is CC(=O)N1CCc2ncnc(-c3cnn(C)c3)c2C[C@@H](C(=O)N2CC[C@H](N(C)C)C2)C1. The van der Waals surface area contributed by atoms with Gasteiger partial charge in [-0.2, -0.15) is 5.10 Å². The van der Waals surface area contributed by atoms with Crippen LogP contribution < -0.4 is 0 Å². The number of likely N-dealkylation sites (N-methyl/N-ethyl adjacent to an activating group) is 1. The van der Waals surface area contributed by atoms with E-state index in [4.69, 9.17) is 0 Å². The Labute approximate surface area is 183 Å². The van der Waals surface area contributed by atoms with Crippen LogP contribution in [0.25, 0.3) is 11.3 Å². The quantitative estimate of drug-likeness (QED) is 0.716. The fraction of sp³-hybridized carbons (Fsp3) is 0.591. The van der Waals surface area contributed by atoms with E-state index >= 15 is 0 Å². The third-order valence-corrected chi connectivity index (χ3v) is 6.52. The Bertz CT molecular complexity index is 971. The van der Waals surface area contributed by atoms with Gasteiger partial charge in [-0.3, -0.25) is 14.3 Å². The van der Waals surface area contributed by atoms with Crippen LogP contribution in [0.1, 0.15) is 24.6 Å². The van der Waals surface area contributed by atoms with Crippen molar-refractivity contribution in [1.29, 1.82) is 0 Å². The Hall–Kier alpha value is -2.81. The number of nitrogens with zero attached hydrogens (tertiary/aromatic N) is 7. The molecule has 0 radical (unpaired) electrons. The molecule has 0 bridgehead atoms. The van der Waals surface area contributed by atoms with Gasteiger partial charge in [0, 0.05) is 75.6 Å². The van der Waals surface area contributed by atoms with Crippen molar-refractivity contribution in [2.24, 2.45) is 13.0 Å².